The van der Waals surface area contributed by atoms with E-state index in [0.717, 1.165) is 57.1 Å². The lowest BCUT2D eigenvalue weighted by atomic mass is 9.60. The van der Waals surface area contributed by atoms with Gasteiger partial charge in [0.25, 0.3) is 0 Å². The van der Waals surface area contributed by atoms with Crippen molar-refractivity contribution in [1.82, 2.24) is 10.3 Å². The number of ether oxygens (including phenoxy) is 2. The molecule has 6 nitrogen and oxygen atoms in total. The van der Waals surface area contributed by atoms with Crippen LogP contribution in [-0.2, 0) is 9.47 Å². The Morgan fingerprint density at radius 3 is 2.96 bits per heavy atom. The Hall–Kier alpha value is -1.34. The summed E-state index contributed by atoms with van der Waals surface area (Å²) in [6, 6.07) is 0.260. The van der Waals surface area contributed by atoms with Crippen molar-refractivity contribution in [3.8, 4) is 0 Å². The zero-order chi connectivity index (χ0) is 15.7. The summed E-state index contributed by atoms with van der Waals surface area (Å²) in [7, 11) is 0. The molecule has 1 aromatic rings. The molecule has 126 valence electrons. The van der Waals surface area contributed by atoms with Crippen LogP contribution in [0.3, 0.4) is 0 Å². The molecule has 23 heavy (non-hydrogen) atoms. The molecule has 4 rings (SSSR count). The normalized spacial score (nSPS) is 29.3. The minimum atomic E-state index is -0.258. The van der Waals surface area contributed by atoms with Crippen molar-refractivity contribution >= 4 is 22.6 Å². The number of alkyl carbamates (subject to hydrolysis) is 1. The molecule has 0 bridgehead atoms. The quantitative estimate of drug-likeness (QED) is 0.918. The molecule has 0 radical (unpaired) electrons. The van der Waals surface area contributed by atoms with Crippen LogP contribution in [0.1, 0.15) is 32.1 Å². The fraction of sp³-hybridized carbons (Fsp3) is 0.750. The van der Waals surface area contributed by atoms with Crippen molar-refractivity contribution in [3.05, 3.63) is 11.6 Å². The zero-order valence-electron chi connectivity index (χ0n) is 13.2. The Morgan fingerprint density at radius 2 is 2.26 bits per heavy atom. The van der Waals surface area contributed by atoms with E-state index < -0.39 is 0 Å². The summed E-state index contributed by atoms with van der Waals surface area (Å²) < 4.78 is 11.1. The van der Waals surface area contributed by atoms with E-state index in [0.29, 0.717) is 0 Å². The van der Waals surface area contributed by atoms with E-state index >= 15 is 0 Å². The number of rotatable bonds is 3. The van der Waals surface area contributed by atoms with Gasteiger partial charge in [-0.05, 0) is 31.1 Å². The van der Waals surface area contributed by atoms with Gasteiger partial charge < -0.3 is 19.7 Å². The second-order valence-electron chi connectivity index (χ2n) is 6.79. The van der Waals surface area contributed by atoms with Crippen molar-refractivity contribution in [1.29, 1.82) is 0 Å². The number of anilines is 1. The smallest absolute Gasteiger partial charge is 0.407 e. The molecule has 2 aliphatic heterocycles. The van der Waals surface area contributed by atoms with Crippen LogP contribution < -0.4 is 10.2 Å². The number of thiazole rings is 1. The highest BCUT2D eigenvalue weighted by Gasteiger charge is 2.48. The van der Waals surface area contributed by atoms with Crippen LogP contribution in [0.15, 0.2) is 11.6 Å². The zero-order valence-corrected chi connectivity index (χ0v) is 14.0. The van der Waals surface area contributed by atoms with Gasteiger partial charge in [-0.3, -0.25) is 0 Å². The molecule has 3 fully saturated rings. The molecule has 3 heterocycles. The molecular weight excluding hydrogens is 314 g/mol. The number of carbonyl (C=O) groups excluding carboxylic acids is 1. The second-order valence-corrected chi connectivity index (χ2v) is 7.66. The third-order valence-corrected chi connectivity index (χ3v) is 6.39. The highest BCUT2D eigenvalue weighted by Crippen LogP contribution is 2.48. The maximum atomic E-state index is 12.2. The van der Waals surface area contributed by atoms with Gasteiger partial charge in [-0.1, -0.05) is 0 Å². The number of nitrogens with zero attached hydrogens (tertiary/aromatic N) is 2. The van der Waals surface area contributed by atoms with Crippen LogP contribution in [0, 0.1) is 5.41 Å². The Labute approximate surface area is 140 Å². The van der Waals surface area contributed by atoms with E-state index in [2.05, 4.69) is 15.2 Å². The number of aromatic nitrogens is 1. The van der Waals surface area contributed by atoms with Gasteiger partial charge in [0.05, 0.1) is 6.54 Å². The minimum Gasteiger partial charge on any atom is -0.444 e. The van der Waals surface area contributed by atoms with Crippen molar-refractivity contribution in [3.63, 3.8) is 0 Å². The predicted molar refractivity (Wildman–Crippen MR) is 87.9 cm³/mol. The summed E-state index contributed by atoms with van der Waals surface area (Å²) in [5.41, 5.74) is 0.264. The lowest BCUT2D eigenvalue weighted by molar-refractivity contribution is -0.0546. The number of hydrogen-bond acceptors (Lipinski definition) is 6. The predicted octanol–water partition coefficient (Wildman–Crippen LogP) is 2.41. The standard InChI is InChI=1S/C16H23N3O3S/c20-15(18-13-1-3-16(13)4-8-21-9-5-16)22-12-2-7-19(11-12)14-17-6-10-23-14/h6,10,12-13H,1-5,7-9,11H2,(H,18,20). The summed E-state index contributed by atoms with van der Waals surface area (Å²) in [6.45, 7) is 3.28. The first kappa shape index (κ1) is 15.2. The third-order valence-electron chi connectivity index (χ3n) is 5.56. The first-order valence-electron chi connectivity index (χ1n) is 8.45. The van der Waals surface area contributed by atoms with Gasteiger partial charge in [0.15, 0.2) is 5.13 Å². The van der Waals surface area contributed by atoms with Crippen LogP contribution >= 0.6 is 11.3 Å². The monoisotopic (exact) mass is 337 g/mol. The maximum absolute atomic E-state index is 12.2. The fourth-order valence-corrected chi connectivity index (χ4v) is 4.68. The maximum Gasteiger partial charge on any atom is 0.407 e. The van der Waals surface area contributed by atoms with E-state index in [4.69, 9.17) is 9.47 Å². The van der Waals surface area contributed by atoms with Crippen LogP contribution in [0.5, 0.6) is 0 Å². The van der Waals surface area contributed by atoms with E-state index in [9.17, 15) is 4.79 Å². The molecule has 0 aromatic carbocycles. The molecule has 1 spiro atoms. The number of nitrogens with one attached hydrogen (secondary N) is 1. The Bertz CT molecular complexity index is 545. The Kier molecular flexibility index (Phi) is 4.15. The van der Waals surface area contributed by atoms with E-state index in [1.165, 1.54) is 6.42 Å². The summed E-state index contributed by atoms with van der Waals surface area (Å²) >= 11 is 1.63. The molecule has 1 saturated carbocycles. The summed E-state index contributed by atoms with van der Waals surface area (Å²) in [5, 5.41) is 6.09. The van der Waals surface area contributed by atoms with Crippen molar-refractivity contribution in [2.45, 2.75) is 44.2 Å². The van der Waals surface area contributed by atoms with Gasteiger partial charge >= 0.3 is 6.09 Å². The molecule has 1 amide bonds. The second kappa shape index (κ2) is 6.28. The fourth-order valence-electron chi connectivity index (χ4n) is 4.00. The van der Waals surface area contributed by atoms with Crippen molar-refractivity contribution in [2.24, 2.45) is 5.41 Å². The molecular formula is C16H23N3O3S. The van der Waals surface area contributed by atoms with Crippen LogP contribution in [0.4, 0.5) is 9.93 Å². The Morgan fingerprint density at radius 1 is 1.39 bits per heavy atom. The van der Waals surface area contributed by atoms with E-state index in [1.54, 1.807) is 11.3 Å². The molecule has 1 aromatic heterocycles. The highest BCUT2D eigenvalue weighted by molar-refractivity contribution is 7.13. The van der Waals surface area contributed by atoms with Gasteiger partial charge in [0.1, 0.15) is 6.10 Å². The highest BCUT2D eigenvalue weighted by atomic mass is 32.1. The van der Waals surface area contributed by atoms with Gasteiger partial charge in [-0.2, -0.15) is 0 Å². The number of hydrogen-bond donors (Lipinski definition) is 1. The molecule has 2 atom stereocenters. The van der Waals surface area contributed by atoms with Crippen LogP contribution in [-0.4, -0.2) is 49.5 Å². The van der Waals surface area contributed by atoms with Crippen LogP contribution in [0.2, 0.25) is 0 Å². The average molecular weight is 337 g/mol. The average Bonchev–Trinajstić information content (AvgIpc) is 3.23. The summed E-state index contributed by atoms with van der Waals surface area (Å²) in [5.74, 6) is 0. The molecule has 2 unspecified atom stereocenters. The van der Waals surface area contributed by atoms with E-state index in [-0.39, 0.29) is 23.7 Å². The third kappa shape index (κ3) is 3.04. The molecule has 1 N–H and O–H groups in total. The molecule has 2 saturated heterocycles. The van der Waals surface area contributed by atoms with Gasteiger partial charge in [0, 0.05) is 43.8 Å². The van der Waals surface area contributed by atoms with Crippen LogP contribution in [0.25, 0.3) is 0 Å². The van der Waals surface area contributed by atoms with Gasteiger partial charge in [-0.25, -0.2) is 9.78 Å². The first-order valence-corrected chi connectivity index (χ1v) is 9.32. The summed E-state index contributed by atoms with van der Waals surface area (Å²) in [4.78, 5) is 18.7. The number of amides is 1. The topological polar surface area (TPSA) is 63.7 Å². The lowest BCUT2D eigenvalue weighted by Crippen LogP contribution is -2.57. The Balaban J connectivity index is 1.26. The van der Waals surface area contributed by atoms with E-state index in [1.807, 2.05) is 11.6 Å². The largest absolute Gasteiger partial charge is 0.444 e. The number of carbonyl (C=O) groups is 1. The molecule has 3 aliphatic rings. The lowest BCUT2D eigenvalue weighted by Gasteiger charge is -2.51. The molecule has 1 aliphatic carbocycles. The minimum absolute atomic E-state index is 0.0374. The van der Waals surface area contributed by atoms with Gasteiger partial charge in [-0.15, -0.1) is 11.3 Å². The summed E-state index contributed by atoms with van der Waals surface area (Å²) in [6.07, 6.45) is 6.75. The van der Waals surface area contributed by atoms with Crippen molar-refractivity contribution < 1.29 is 14.3 Å². The van der Waals surface area contributed by atoms with Gasteiger partial charge in [0.2, 0.25) is 0 Å². The SMILES string of the molecule is O=C(NC1CCC12CCOCC2)OC1CCN(c2nccs2)C1. The van der Waals surface area contributed by atoms with Crippen molar-refractivity contribution in [2.75, 3.05) is 31.2 Å². The first-order chi connectivity index (χ1) is 11.3. The molecule has 7 heteroatoms.